The minimum absolute atomic E-state index is 0.110. The molecule has 0 heterocycles. The van der Waals surface area contributed by atoms with Crippen LogP contribution in [-0.2, 0) is 28.6 Å². The zero-order valence-corrected chi connectivity index (χ0v) is 47.9. The van der Waals surface area contributed by atoms with Crippen LogP contribution in [-0.4, -0.2) is 37.2 Å². The molecule has 0 aliphatic carbocycles. The van der Waals surface area contributed by atoms with Crippen LogP contribution in [0, 0.1) is 0 Å². The molecule has 0 unspecified atom stereocenters. The van der Waals surface area contributed by atoms with E-state index < -0.39 is 12.1 Å². The van der Waals surface area contributed by atoms with Crippen molar-refractivity contribution >= 4 is 17.9 Å². The standard InChI is InChI=1S/C67H114O6/c1-4-7-10-13-16-19-22-25-28-31-33-36-39-42-45-48-51-54-57-60-66(69)72-63-64(62-71-65(68)59-56-53-50-47-44-41-38-35-30-27-24-21-18-15-12-9-6-3)73-67(70)61-58-55-52-49-46-43-40-37-34-32-29-26-23-20-17-14-11-8-5-2/h8,11,17,20,25-30,34,37,43,46,52,55,64H,4-7,9-10,12-16,18-19,21-24,31-33,35-36,38-42,44-45,47-51,53-54,56-63H2,1-3H3/b11-8-,20-17-,28-25-,29-26-,30-27-,37-34-,46-43-,55-52-/t64-/m0/s1. The van der Waals surface area contributed by atoms with Gasteiger partial charge in [0.15, 0.2) is 6.10 Å². The Hall–Kier alpha value is -3.67. The lowest BCUT2D eigenvalue weighted by molar-refractivity contribution is -0.166. The number of carbonyl (C=O) groups is 3. The van der Waals surface area contributed by atoms with E-state index in [0.29, 0.717) is 19.3 Å². The highest BCUT2D eigenvalue weighted by Gasteiger charge is 2.19. The lowest BCUT2D eigenvalue weighted by atomic mass is 10.1. The van der Waals surface area contributed by atoms with Gasteiger partial charge < -0.3 is 14.2 Å². The van der Waals surface area contributed by atoms with Crippen molar-refractivity contribution in [3.63, 3.8) is 0 Å². The first-order chi connectivity index (χ1) is 36.0. The van der Waals surface area contributed by atoms with Gasteiger partial charge in [0.2, 0.25) is 0 Å². The van der Waals surface area contributed by atoms with Gasteiger partial charge in [-0.2, -0.15) is 0 Å². The van der Waals surface area contributed by atoms with Crippen molar-refractivity contribution in [2.75, 3.05) is 13.2 Å². The maximum Gasteiger partial charge on any atom is 0.306 e. The maximum absolute atomic E-state index is 12.9. The molecule has 418 valence electrons. The van der Waals surface area contributed by atoms with Crippen LogP contribution in [0.25, 0.3) is 0 Å². The van der Waals surface area contributed by atoms with Crippen LogP contribution >= 0.6 is 0 Å². The fraction of sp³-hybridized carbons (Fsp3) is 0.716. The Balaban J connectivity index is 4.49. The molecule has 0 saturated heterocycles. The van der Waals surface area contributed by atoms with E-state index in [-0.39, 0.29) is 31.6 Å². The van der Waals surface area contributed by atoms with Crippen molar-refractivity contribution in [2.45, 2.75) is 297 Å². The van der Waals surface area contributed by atoms with E-state index in [1.807, 2.05) is 6.08 Å². The lowest BCUT2D eigenvalue weighted by Gasteiger charge is -2.18. The highest BCUT2D eigenvalue weighted by molar-refractivity contribution is 5.71. The van der Waals surface area contributed by atoms with Gasteiger partial charge in [-0.3, -0.25) is 14.4 Å². The molecule has 0 aromatic carbocycles. The average Bonchev–Trinajstić information content (AvgIpc) is 3.39. The molecule has 0 N–H and O–H groups in total. The van der Waals surface area contributed by atoms with Crippen molar-refractivity contribution in [2.24, 2.45) is 0 Å². The third-order valence-electron chi connectivity index (χ3n) is 13.1. The van der Waals surface area contributed by atoms with Crippen LogP contribution in [0.5, 0.6) is 0 Å². The Morgan fingerprint density at radius 3 is 0.890 bits per heavy atom. The van der Waals surface area contributed by atoms with Crippen molar-refractivity contribution in [3.8, 4) is 0 Å². The Kier molecular flexibility index (Phi) is 57.8. The molecule has 0 fully saturated rings. The van der Waals surface area contributed by atoms with Crippen LogP contribution < -0.4 is 0 Å². The second-order valence-electron chi connectivity index (χ2n) is 20.2. The molecule has 0 amide bonds. The summed E-state index contributed by atoms with van der Waals surface area (Å²) in [4.78, 5) is 38.2. The zero-order valence-electron chi connectivity index (χ0n) is 47.9. The molecule has 6 heteroatoms. The number of hydrogen-bond donors (Lipinski definition) is 0. The van der Waals surface area contributed by atoms with E-state index in [4.69, 9.17) is 14.2 Å². The number of ether oxygens (including phenoxy) is 3. The van der Waals surface area contributed by atoms with Gasteiger partial charge in [-0.1, -0.05) is 259 Å². The molecule has 0 rings (SSSR count). The maximum atomic E-state index is 12.9. The van der Waals surface area contributed by atoms with E-state index in [1.54, 1.807) is 0 Å². The van der Waals surface area contributed by atoms with Crippen molar-refractivity contribution < 1.29 is 28.6 Å². The molecular weight excluding hydrogens is 901 g/mol. The number of esters is 3. The molecule has 0 bridgehead atoms. The molecule has 0 aromatic rings. The summed E-state index contributed by atoms with van der Waals surface area (Å²) in [6.45, 7) is 6.47. The molecule has 1 atom stereocenters. The molecule has 0 aromatic heterocycles. The monoisotopic (exact) mass is 1010 g/mol. The summed E-state index contributed by atoms with van der Waals surface area (Å²) in [5, 5.41) is 0. The minimum Gasteiger partial charge on any atom is -0.462 e. The highest BCUT2D eigenvalue weighted by atomic mass is 16.6. The topological polar surface area (TPSA) is 78.9 Å². The molecule has 0 radical (unpaired) electrons. The Morgan fingerprint density at radius 1 is 0.288 bits per heavy atom. The molecule has 0 aliphatic heterocycles. The van der Waals surface area contributed by atoms with Gasteiger partial charge in [-0.05, 0) is 109 Å². The third kappa shape index (κ3) is 59.1. The Bertz CT molecular complexity index is 1440. The average molecular weight is 1020 g/mol. The summed E-state index contributed by atoms with van der Waals surface area (Å²) in [5.41, 5.74) is 0. The first-order valence-electron chi connectivity index (χ1n) is 30.7. The van der Waals surface area contributed by atoms with E-state index >= 15 is 0 Å². The third-order valence-corrected chi connectivity index (χ3v) is 13.1. The number of carbonyl (C=O) groups excluding carboxylic acids is 3. The second-order valence-corrected chi connectivity index (χ2v) is 20.2. The summed E-state index contributed by atoms with van der Waals surface area (Å²) >= 11 is 0. The van der Waals surface area contributed by atoms with E-state index in [2.05, 4.69) is 112 Å². The van der Waals surface area contributed by atoms with Gasteiger partial charge in [0.1, 0.15) is 13.2 Å². The molecule has 0 spiro atoms. The first kappa shape index (κ1) is 69.3. The zero-order chi connectivity index (χ0) is 52.9. The Labute approximate surface area is 451 Å². The van der Waals surface area contributed by atoms with Crippen molar-refractivity contribution in [1.82, 2.24) is 0 Å². The normalized spacial score (nSPS) is 12.8. The first-order valence-corrected chi connectivity index (χ1v) is 30.7. The summed E-state index contributed by atoms with van der Waals surface area (Å²) in [7, 11) is 0. The van der Waals surface area contributed by atoms with Crippen LogP contribution in [0.3, 0.4) is 0 Å². The lowest BCUT2D eigenvalue weighted by Crippen LogP contribution is -2.30. The smallest absolute Gasteiger partial charge is 0.306 e. The molecular formula is C67H114O6. The summed E-state index contributed by atoms with van der Waals surface area (Å²) < 4.78 is 16.8. The number of rotatable bonds is 55. The molecule has 0 saturated carbocycles. The predicted molar refractivity (Wildman–Crippen MR) is 316 cm³/mol. The minimum atomic E-state index is -0.822. The highest BCUT2D eigenvalue weighted by Crippen LogP contribution is 2.15. The quantitative estimate of drug-likeness (QED) is 0.0261. The van der Waals surface area contributed by atoms with Crippen LogP contribution in [0.15, 0.2) is 97.2 Å². The number of unbranched alkanes of at least 4 members (excludes halogenated alkanes) is 28. The van der Waals surface area contributed by atoms with Gasteiger partial charge in [-0.15, -0.1) is 0 Å². The fourth-order valence-electron chi connectivity index (χ4n) is 8.46. The largest absolute Gasteiger partial charge is 0.462 e. The molecule has 6 nitrogen and oxygen atoms in total. The van der Waals surface area contributed by atoms with E-state index in [0.717, 1.165) is 77.0 Å². The van der Waals surface area contributed by atoms with Crippen LogP contribution in [0.2, 0.25) is 0 Å². The second kappa shape index (κ2) is 60.9. The van der Waals surface area contributed by atoms with Gasteiger partial charge in [-0.25, -0.2) is 0 Å². The van der Waals surface area contributed by atoms with Crippen LogP contribution in [0.1, 0.15) is 290 Å². The van der Waals surface area contributed by atoms with Gasteiger partial charge in [0, 0.05) is 19.3 Å². The van der Waals surface area contributed by atoms with Gasteiger partial charge in [0.25, 0.3) is 0 Å². The Morgan fingerprint density at radius 2 is 0.562 bits per heavy atom. The van der Waals surface area contributed by atoms with E-state index in [9.17, 15) is 14.4 Å². The SMILES string of the molecule is CC/C=C\C/C=C\C/C=C\C/C=C\C/C=C\C/C=C\CCC(=O)O[C@@H](COC(=O)CCCCCCCCC/C=C\CCCCCCCC)COC(=O)CCCCCCCCCCC/C=C\CCCCCCCC. The van der Waals surface area contributed by atoms with Gasteiger partial charge in [0.05, 0.1) is 0 Å². The van der Waals surface area contributed by atoms with Crippen molar-refractivity contribution in [3.05, 3.63) is 97.2 Å². The number of allylic oxidation sites excluding steroid dienone is 16. The predicted octanol–water partition coefficient (Wildman–Crippen LogP) is 20.9. The van der Waals surface area contributed by atoms with Crippen molar-refractivity contribution in [1.29, 1.82) is 0 Å². The summed E-state index contributed by atoms with van der Waals surface area (Å²) in [5.74, 6) is -0.993. The van der Waals surface area contributed by atoms with Crippen LogP contribution in [0.4, 0.5) is 0 Å². The fourth-order valence-corrected chi connectivity index (χ4v) is 8.46. The molecule has 73 heavy (non-hydrogen) atoms. The molecule has 0 aliphatic rings. The number of hydrogen-bond acceptors (Lipinski definition) is 6. The summed E-state index contributed by atoms with van der Waals surface area (Å²) in [6.07, 6.45) is 81.3. The van der Waals surface area contributed by atoms with E-state index in [1.165, 1.54) is 167 Å². The summed E-state index contributed by atoms with van der Waals surface area (Å²) in [6, 6.07) is 0. The van der Waals surface area contributed by atoms with Gasteiger partial charge >= 0.3 is 17.9 Å².